The molecule has 186 valence electrons. The Labute approximate surface area is 205 Å². The molecule has 2 aromatic carbocycles. The fourth-order valence-corrected chi connectivity index (χ4v) is 4.00. The minimum atomic E-state index is -4.56. The molecule has 0 spiro atoms. The average molecular weight is 521 g/mol. The third-order valence-corrected chi connectivity index (χ3v) is 6.12. The molecular formula is C23H25Cl2F3N2O4. The molecule has 0 aromatic heterocycles. The second-order valence-electron chi connectivity index (χ2n) is 8.12. The second kappa shape index (κ2) is 11.5. The Balaban J connectivity index is 1.48. The lowest BCUT2D eigenvalue weighted by Gasteiger charge is -2.33. The topological polar surface area (TPSA) is 85.0 Å². The number of nitrogens with zero attached hydrogens (tertiary/aromatic N) is 1. The van der Waals surface area contributed by atoms with E-state index in [0.717, 1.165) is 31.0 Å². The molecule has 1 heterocycles. The lowest BCUT2D eigenvalue weighted by molar-refractivity contribution is -0.137. The summed E-state index contributed by atoms with van der Waals surface area (Å²) in [5, 5.41) is 11.3. The second-order valence-corrected chi connectivity index (χ2v) is 8.94. The number of benzene rings is 2. The number of aliphatic hydroxyl groups excluding tert-OH is 1. The number of likely N-dealkylation sites (tertiary alicyclic amines) is 1. The number of ether oxygens (including phenoxy) is 2. The van der Waals surface area contributed by atoms with Gasteiger partial charge in [-0.2, -0.15) is 13.2 Å². The van der Waals surface area contributed by atoms with Gasteiger partial charge in [-0.3, -0.25) is 4.79 Å². The number of halogens is 5. The highest BCUT2D eigenvalue weighted by molar-refractivity contribution is 6.42. The molecule has 1 aliphatic heterocycles. The van der Waals surface area contributed by atoms with Gasteiger partial charge in [-0.15, -0.1) is 0 Å². The van der Waals surface area contributed by atoms with E-state index in [4.69, 9.17) is 38.4 Å². The van der Waals surface area contributed by atoms with Gasteiger partial charge in [0.2, 0.25) is 5.91 Å². The van der Waals surface area contributed by atoms with Crippen LogP contribution in [0.2, 0.25) is 10.0 Å². The number of carbonyl (C=O) groups excluding carboxylic acids is 1. The van der Waals surface area contributed by atoms with E-state index in [-0.39, 0.29) is 24.0 Å². The standard InChI is InChI=1S/C23H25Cl2F3N2O4/c24-19-3-2-18(11-20(19)25)34-17-5-7-30(8-6-17)12-16(31)13-33-21-4-1-15(23(26,27)28)9-14(21)10-22(29)32/h1-4,9,11,16-17,31H,5-8,10,12-13H2,(H2,29,32). The van der Waals surface area contributed by atoms with Gasteiger partial charge in [0.15, 0.2) is 0 Å². The van der Waals surface area contributed by atoms with Gasteiger partial charge in [-0.25, -0.2) is 0 Å². The molecule has 2 aromatic rings. The Kier molecular flexibility index (Phi) is 8.92. The van der Waals surface area contributed by atoms with Crippen molar-refractivity contribution in [1.82, 2.24) is 4.90 Å². The van der Waals surface area contributed by atoms with Gasteiger partial charge in [0.05, 0.1) is 22.0 Å². The highest BCUT2D eigenvalue weighted by Gasteiger charge is 2.31. The van der Waals surface area contributed by atoms with Crippen LogP contribution in [0, 0.1) is 0 Å². The van der Waals surface area contributed by atoms with Crippen LogP contribution in [0.3, 0.4) is 0 Å². The van der Waals surface area contributed by atoms with Crippen LogP contribution in [-0.4, -0.2) is 54.4 Å². The maximum atomic E-state index is 13.0. The van der Waals surface area contributed by atoms with Crippen LogP contribution >= 0.6 is 23.2 Å². The van der Waals surface area contributed by atoms with Crippen molar-refractivity contribution in [3.8, 4) is 11.5 Å². The molecule has 3 N–H and O–H groups in total. The average Bonchev–Trinajstić information content (AvgIpc) is 2.76. The predicted octanol–water partition coefficient (Wildman–Crippen LogP) is 4.32. The van der Waals surface area contributed by atoms with Gasteiger partial charge in [0.25, 0.3) is 0 Å². The highest BCUT2D eigenvalue weighted by atomic mass is 35.5. The molecular weight excluding hydrogens is 496 g/mol. The van der Waals surface area contributed by atoms with Crippen molar-refractivity contribution in [2.75, 3.05) is 26.2 Å². The Morgan fingerprint density at radius 2 is 1.85 bits per heavy atom. The first-order chi connectivity index (χ1) is 16.0. The van der Waals surface area contributed by atoms with Gasteiger partial charge in [0, 0.05) is 31.3 Å². The van der Waals surface area contributed by atoms with Crippen molar-refractivity contribution in [1.29, 1.82) is 0 Å². The predicted molar refractivity (Wildman–Crippen MR) is 122 cm³/mol. The molecule has 34 heavy (non-hydrogen) atoms. The summed E-state index contributed by atoms with van der Waals surface area (Å²) < 4.78 is 50.4. The molecule has 1 atom stereocenters. The summed E-state index contributed by atoms with van der Waals surface area (Å²) in [6.07, 6.45) is -4.34. The third-order valence-electron chi connectivity index (χ3n) is 5.38. The van der Waals surface area contributed by atoms with Crippen LogP contribution in [0.5, 0.6) is 11.5 Å². The van der Waals surface area contributed by atoms with E-state index < -0.39 is 30.2 Å². The summed E-state index contributed by atoms with van der Waals surface area (Å²) in [6, 6.07) is 7.95. The number of primary amides is 1. The Hall–Kier alpha value is -2.20. The SMILES string of the molecule is NC(=O)Cc1cc(C(F)(F)F)ccc1OCC(O)CN1CCC(Oc2ccc(Cl)c(Cl)c2)CC1. The Bertz CT molecular complexity index is 999. The van der Waals surface area contributed by atoms with E-state index in [1.165, 1.54) is 0 Å². The summed E-state index contributed by atoms with van der Waals surface area (Å²) in [5.74, 6) is -0.0557. The number of nitrogens with two attached hydrogens (primary N) is 1. The fourth-order valence-electron chi connectivity index (χ4n) is 3.71. The molecule has 1 amide bonds. The van der Waals surface area contributed by atoms with Crippen molar-refractivity contribution in [2.45, 2.75) is 37.6 Å². The van der Waals surface area contributed by atoms with Crippen molar-refractivity contribution < 1.29 is 32.5 Å². The van der Waals surface area contributed by atoms with Gasteiger partial charge in [0.1, 0.15) is 30.3 Å². The van der Waals surface area contributed by atoms with Gasteiger partial charge < -0.3 is 25.2 Å². The Morgan fingerprint density at radius 3 is 2.47 bits per heavy atom. The van der Waals surface area contributed by atoms with E-state index in [1.807, 2.05) is 0 Å². The molecule has 1 unspecified atom stereocenters. The Morgan fingerprint density at radius 1 is 1.15 bits per heavy atom. The van der Waals surface area contributed by atoms with Crippen LogP contribution in [0.4, 0.5) is 13.2 Å². The smallest absolute Gasteiger partial charge is 0.416 e. The molecule has 1 aliphatic rings. The van der Waals surface area contributed by atoms with Crippen LogP contribution in [-0.2, 0) is 17.4 Å². The van der Waals surface area contributed by atoms with Gasteiger partial charge in [-0.05, 0) is 43.2 Å². The number of hydrogen-bond acceptors (Lipinski definition) is 5. The number of β-amino-alcohol motifs (C(OH)–C–C–N with tert-alkyl or cyclic N) is 1. The number of aliphatic hydroxyl groups is 1. The van der Waals surface area contributed by atoms with Gasteiger partial charge >= 0.3 is 6.18 Å². The summed E-state index contributed by atoms with van der Waals surface area (Å²) in [4.78, 5) is 13.3. The number of rotatable bonds is 9. The van der Waals surface area contributed by atoms with E-state index in [1.54, 1.807) is 18.2 Å². The first-order valence-electron chi connectivity index (χ1n) is 10.6. The number of hydrogen-bond donors (Lipinski definition) is 2. The first-order valence-corrected chi connectivity index (χ1v) is 11.4. The lowest BCUT2D eigenvalue weighted by atomic mass is 10.1. The minimum Gasteiger partial charge on any atom is -0.491 e. The van der Waals surface area contributed by atoms with E-state index in [2.05, 4.69) is 4.90 Å². The normalized spacial score (nSPS) is 16.3. The number of alkyl halides is 3. The summed E-state index contributed by atoms with van der Waals surface area (Å²) in [6.45, 7) is 1.56. The lowest BCUT2D eigenvalue weighted by Crippen LogP contribution is -2.43. The van der Waals surface area contributed by atoms with Crippen molar-refractivity contribution in [3.05, 3.63) is 57.6 Å². The highest BCUT2D eigenvalue weighted by Crippen LogP contribution is 2.33. The minimum absolute atomic E-state index is 0.00499. The van der Waals surface area contributed by atoms with Crippen LogP contribution < -0.4 is 15.2 Å². The van der Waals surface area contributed by atoms with Crippen LogP contribution in [0.1, 0.15) is 24.0 Å². The molecule has 3 rings (SSSR count). The summed E-state index contributed by atoms with van der Waals surface area (Å²) in [5.41, 5.74) is 4.27. The van der Waals surface area contributed by atoms with Crippen molar-refractivity contribution in [2.24, 2.45) is 5.73 Å². The zero-order chi connectivity index (χ0) is 24.9. The van der Waals surface area contributed by atoms with Crippen LogP contribution in [0.25, 0.3) is 0 Å². The number of amides is 1. The molecule has 1 saturated heterocycles. The van der Waals surface area contributed by atoms with E-state index in [0.29, 0.717) is 35.4 Å². The van der Waals surface area contributed by atoms with Crippen LogP contribution in [0.15, 0.2) is 36.4 Å². The largest absolute Gasteiger partial charge is 0.491 e. The molecule has 1 fully saturated rings. The molecule has 0 aliphatic carbocycles. The quantitative estimate of drug-likeness (QED) is 0.514. The molecule has 0 bridgehead atoms. The summed E-state index contributed by atoms with van der Waals surface area (Å²) >= 11 is 11.9. The molecule has 11 heteroatoms. The molecule has 0 saturated carbocycles. The van der Waals surface area contributed by atoms with E-state index >= 15 is 0 Å². The zero-order valence-electron chi connectivity index (χ0n) is 18.2. The van der Waals surface area contributed by atoms with Gasteiger partial charge in [-0.1, -0.05) is 23.2 Å². The zero-order valence-corrected chi connectivity index (χ0v) is 19.7. The first kappa shape index (κ1) is 26.4. The third kappa shape index (κ3) is 7.66. The van der Waals surface area contributed by atoms with Crippen molar-refractivity contribution in [3.63, 3.8) is 0 Å². The number of carbonyl (C=O) groups is 1. The summed E-state index contributed by atoms with van der Waals surface area (Å²) in [7, 11) is 0. The maximum Gasteiger partial charge on any atom is 0.416 e. The fraction of sp³-hybridized carbons (Fsp3) is 0.435. The number of piperidine rings is 1. The molecule has 0 radical (unpaired) electrons. The van der Waals surface area contributed by atoms with Crippen molar-refractivity contribution >= 4 is 29.1 Å². The monoisotopic (exact) mass is 520 g/mol. The maximum absolute atomic E-state index is 13.0. The van der Waals surface area contributed by atoms with E-state index in [9.17, 15) is 23.1 Å². The molecule has 6 nitrogen and oxygen atoms in total.